The van der Waals surface area contributed by atoms with Crippen molar-refractivity contribution in [3.63, 3.8) is 0 Å². The van der Waals surface area contributed by atoms with E-state index >= 15 is 0 Å². The number of amides is 1. The minimum Gasteiger partial charge on any atom is -0.331 e. The number of benzene rings is 1. The monoisotopic (exact) mass is 461 g/mol. The van der Waals surface area contributed by atoms with E-state index in [1.807, 2.05) is 23.1 Å². The molecule has 1 aromatic heterocycles. The number of hydrogen-bond acceptors (Lipinski definition) is 2. The summed E-state index contributed by atoms with van der Waals surface area (Å²) in [6, 6.07) is 10.3. The molecule has 5 heteroatoms. The maximum Gasteiger partial charge on any atom is 0.255 e. The van der Waals surface area contributed by atoms with E-state index in [0.717, 1.165) is 33.0 Å². The van der Waals surface area contributed by atoms with Crippen LogP contribution in [0.3, 0.4) is 0 Å². The van der Waals surface area contributed by atoms with Crippen LogP contribution in [0.25, 0.3) is 0 Å². The lowest BCUT2D eigenvalue weighted by Gasteiger charge is -2.24. The van der Waals surface area contributed by atoms with Gasteiger partial charge in [0.1, 0.15) is 0 Å². The van der Waals surface area contributed by atoms with E-state index in [2.05, 4.69) is 56.0 Å². The van der Waals surface area contributed by atoms with Crippen LogP contribution in [0.5, 0.6) is 0 Å². The number of hydrogen-bond donors (Lipinski definition) is 0. The molecule has 104 valence electrons. The number of halogens is 2. The molecule has 1 saturated heterocycles. The van der Waals surface area contributed by atoms with Gasteiger partial charge in [-0.3, -0.25) is 4.79 Å². The average Bonchev–Trinajstić information content (AvgIpc) is 3.10. The summed E-state index contributed by atoms with van der Waals surface area (Å²) < 4.78 is 1.96. The van der Waals surface area contributed by atoms with Gasteiger partial charge in [-0.2, -0.15) is 0 Å². The van der Waals surface area contributed by atoms with Gasteiger partial charge in [-0.1, -0.05) is 6.07 Å². The smallest absolute Gasteiger partial charge is 0.255 e. The lowest BCUT2D eigenvalue weighted by atomic mass is 10.1. The van der Waals surface area contributed by atoms with Crippen LogP contribution in [-0.4, -0.2) is 17.4 Å². The molecule has 1 amide bonds. The third-order valence-electron chi connectivity index (χ3n) is 3.54. The molecular weight excluding hydrogens is 449 g/mol. The van der Waals surface area contributed by atoms with Gasteiger partial charge in [0.2, 0.25) is 0 Å². The summed E-state index contributed by atoms with van der Waals surface area (Å²) in [5.74, 6) is 0.131. The van der Waals surface area contributed by atoms with Crippen LogP contribution in [-0.2, 0) is 0 Å². The van der Waals surface area contributed by atoms with Crippen LogP contribution in [0, 0.1) is 3.57 Å². The van der Waals surface area contributed by atoms with Crippen LogP contribution in [0.4, 0.5) is 0 Å². The summed E-state index contributed by atoms with van der Waals surface area (Å²) in [4.78, 5) is 16.1. The molecule has 0 spiro atoms. The Morgan fingerprint density at radius 1 is 1.40 bits per heavy atom. The number of thiophene rings is 1. The number of nitrogens with zero attached hydrogens (tertiary/aromatic N) is 1. The summed E-state index contributed by atoms with van der Waals surface area (Å²) in [6.07, 6.45) is 2.14. The zero-order valence-electron chi connectivity index (χ0n) is 10.7. The molecule has 0 saturated carbocycles. The Balaban J connectivity index is 1.91. The van der Waals surface area contributed by atoms with Crippen molar-refractivity contribution < 1.29 is 4.79 Å². The van der Waals surface area contributed by atoms with Crippen molar-refractivity contribution in [2.45, 2.75) is 18.9 Å². The van der Waals surface area contributed by atoms with Crippen LogP contribution < -0.4 is 0 Å². The van der Waals surface area contributed by atoms with E-state index in [1.165, 1.54) is 4.88 Å². The van der Waals surface area contributed by atoms with E-state index in [-0.39, 0.29) is 11.9 Å². The summed E-state index contributed by atoms with van der Waals surface area (Å²) in [5.41, 5.74) is 0.764. The van der Waals surface area contributed by atoms with Gasteiger partial charge in [0, 0.05) is 19.5 Å². The number of likely N-dealkylation sites (tertiary alicyclic amines) is 1. The van der Waals surface area contributed by atoms with E-state index in [9.17, 15) is 4.79 Å². The number of carbonyl (C=O) groups is 1. The highest BCUT2D eigenvalue weighted by atomic mass is 127. The Hall–Kier alpha value is -0.400. The first-order chi connectivity index (χ1) is 9.66. The molecule has 0 aliphatic carbocycles. The molecule has 20 heavy (non-hydrogen) atoms. The summed E-state index contributed by atoms with van der Waals surface area (Å²) in [6.45, 7) is 0.847. The predicted molar refractivity (Wildman–Crippen MR) is 94.2 cm³/mol. The molecule has 2 nitrogen and oxygen atoms in total. The fourth-order valence-electron chi connectivity index (χ4n) is 2.60. The Labute approximate surface area is 144 Å². The minimum atomic E-state index is 0.131. The molecule has 1 aromatic carbocycles. The van der Waals surface area contributed by atoms with Crippen LogP contribution >= 0.6 is 49.9 Å². The lowest BCUT2D eigenvalue weighted by molar-refractivity contribution is 0.0737. The fourth-order valence-corrected chi connectivity index (χ4v) is 4.38. The first-order valence-electron chi connectivity index (χ1n) is 6.46. The van der Waals surface area contributed by atoms with Crippen molar-refractivity contribution in [1.29, 1.82) is 0 Å². The predicted octanol–water partition coefficient (Wildman–Crippen LogP) is 5.09. The average molecular weight is 462 g/mol. The van der Waals surface area contributed by atoms with Crippen LogP contribution in [0.2, 0.25) is 0 Å². The van der Waals surface area contributed by atoms with Crippen LogP contribution in [0.15, 0.2) is 40.2 Å². The van der Waals surface area contributed by atoms with Gasteiger partial charge in [-0.25, -0.2) is 0 Å². The van der Waals surface area contributed by atoms with Gasteiger partial charge in [-0.05, 0) is 81.0 Å². The van der Waals surface area contributed by atoms with Gasteiger partial charge in [0.25, 0.3) is 5.91 Å². The first kappa shape index (κ1) is 14.5. The summed E-state index contributed by atoms with van der Waals surface area (Å²) >= 11 is 7.48. The van der Waals surface area contributed by atoms with Crippen molar-refractivity contribution >= 4 is 55.8 Å². The normalized spacial score (nSPS) is 18.5. The van der Waals surface area contributed by atoms with Gasteiger partial charge in [-0.15, -0.1) is 11.3 Å². The highest BCUT2D eigenvalue weighted by molar-refractivity contribution is 14.1. The second-order valence-electron chi connectivity index (χ2n) is 4.80. The Kier molecular flexibility index (Phi) is 4.47. The van der Waals surface area contributed by atoms with E-state index in [4.69, 9.17) is 0 Å². The van der Waals surface area contributed by atoms with Gasteiger partial charge in [0.15, 0.2) is 0 Å². The third kappa shape index (κ3) is 2.80. The summed E-state index contributed by atoms with van der Waals surface area (Å²) in [5, 5.41) is 2.08. The molecule has 3 rings (SSSR count). The molecule has 1 fully saturated rings. The Morgan fingerprint density at radius 2 is 2.25 bits per heavy atom. The van der Waals surface area contributed by atoms with E-state index in [1.54, 1.807) is 11.3 Å². The van der Waals surface area contributed by atoms with Gasteiger partial charge < -0.3 is 4.90 Å². The Bertz CT molecular complexity index is 629. The molecule has 2 heterocycles. The molecule has 0 bridgehead atoms. The number of rotatable bonds is 2. The van der Waals surface area contributed by atoms with E-state index in [0.29, 0.717) is 0 Å². The van der Waals surface area contributed by atoms with Gasteiger partial charge in [0.05, 0.1) is 11.6 Å². The summed E-state index contributed by atoms with van der Waals surface area (Å²) in [7, 11) is 0. The van der Waals surface area contributed by atoms with E-state index < -0.39 is 0 Å². The first-order valence-corrected chi connectivity index (χ1v) is 9.21. The molecule has 0 radical (unpaired) electrons. The zero-order chi connectivity index (χ0) is 14.1. The molecular formula is C15H13BrINOS. The number of carbonyl (C=O) groups excluding carboxylic acids is 1. The maximum absolute atomic E-state index is 12.8. The maximum atomic E-state index is 12.8. The highest BCUT2D eigenvalue weighted by Gasteiger charge is 2.31. The second kappa shape index (κ2) is 6.15. The fraction of sp³-hybridized carbons (Fsp3) is 0.267. The largest absolute Gasteiger partial charge is 0.331 e. The lowest BCUT2D eigenvalue weighted by Crippen LogP contribution is -2.30. The van der Waals surface area contributed by atoms with Crippen LogP contribution in [0.1, 0.15) is 34.1 Å². The highest BCUT2D eigenvalue weighted by Crippen LogP contribution is 2.36. The van der Waals surface area contributed by atoms with Crippen molar-refractivity contribution in [3.8, 4) is 0 Å². The zero-order valence-corrected chi connectivity index (χ0v) is 15.2. The van der Waals surface area contributed by atoms with Crippen molar-refractivity contribution in [2.24, 2.45) is 0 Å². The van der Waals surface area contributed by atoms with Gasteiger partial charge >= 0.3 is 0 Å². The Morgan fingerprint density at radius 3 is 3.00 bits per heavy atom. The SMILES string of the molecule is O=C(c1cc(I)ccc1Br)N1CCCC1c1cccs1. The molecule has 1 atom stereocenters. The van der Waals surface area contributed by atoms with Crippen molar-refractivity contribution in [3.05, 3.63) is 54.2 Å². The quantitative estimate of drug-likeness (QED) is 0.570. The third-order valence-corrected chi connectivity index (χ3v) is 5.88. The minimum absolute atomic E-state index is 0.131. The van der Waals surface area contributed by atoms with Crippen molar-refractivity contribution in [2.75, 3.05) is 6.54 Å². The molecule has 1 aliphatic heterocycles. The standard InChI is InChI=1S/C15H13BrINOS/c16-12-6-5-10(17)9-11(12)15(19)18-7-1-3-13(18)14-4-2-8-20-14/h2,4-6,8-9,13H,1,3,7H2. The molecule has 2 aromatic rings. The molecule has 1 unspecified atom stereocenters. The van der Waals surface area contributed by atoms with Crippen molar-refractivity contribution in [1.82, 2.24) is 4.90 Å². The molecule has 0 N–H and O–H groups in total. The second-order valence-corrected chi connectivity index (χ2v) is 7.88. The molecule has 1 aliphatic rings. The topological polar surface area (TPSA) is 20.3 Å².